The summed E-state index contributed by atoms with van der Waals surface area (Å²) in [6.45, 7) is 0.0727. The minimum Gasteiger partial charge on any atom is -0.482 e. The molecule has 0 radical (unpaired) electrons. The fourth-order valence-electron chi connectivity index (χ4n) is 3.16. The number of anilines is 2. The van der Waals surface area contributed by atoms with Gasteiger partial charge in [-0.1, -0.05) is 12.1 Å². The molecule has 0 saturated carbocycles. The molecule has 0 fully saturated rings. The number of imidazole rings is 1. The molecule has 1 N–H and O–H groups in total. The number of benzene rings is 2. The van der Waals surface area contributed by atoms with E-state index in [2.05, 4.69) is 10.3 Å². The van der Waals surface area contributed by atoms with E-state index < -0.39 is 16.7 Å². The first kappa shape index (κ1) is 19.1. The van der Waals surface area contributed by atoms with Crippen LogP contribution in [0.2, 0.25) is 0 Å². The van der Waals surface area contributed by atoms with E-state index in [0.717, 1.165) is 5.56 Å². The van der Waals surface area contributed by atoms with Crippen molar-refractivity contribution >= 4 is 28.9 Å². The maximum atomic E-state index is 12.6. The number of nitrogens with one attached hydrogen (secondary N) is 1. The highest BCUT2D eigenvalue weighted by atomic mass is 16.6. The van der Waals surface area contributed by atoms with Crippen molar-refractivity contribution < 1.29 is 19.2 Å². The third-order valence-electron chi connectivity index (χ3n) is 4.53. The summed E-state index contributed by atoms with van der Waals surface area (Å²) in [5.41, 5.74) is 1.56. The van der Waals surface area contributed by atoms with Crippen molar-refractivity contribution in [2.45, 2.75) is 6.54 Å². The van der Waals surface area contributed by atoms with Crippen molar-refractivity contribution in [1.82, 2.24) is 9.55 Å². The van der Waals surface area contributed by atoms with Crippen molar-refractivity contribution in [1.29, 1.82) is 0 Å². The number of nitrogens with zero attached hydrogens (tertiary/aromatic N) is 4. The van der Waals surface area contributed by atoms with Gasteiger partial charge in [0.15, 0.2) is 6.61 Å². The number of ether oxygens (including phenoxy) is 1. The summed E-state index contributed by atoms with van der Waals surface area (Å²) in [4.78, 5) is 40.6. The van der Waals surface area contributed by atoms with E-state index in [1.165, 1.54) is 23.1 Å². The number of fused-ring (bicyclic) bond motifs is 1. The molecule has 0 aliphatic carbocycles. The highest BCUT2D eigenvalue weighted by molar-refractivity contribution is 6.05. The second-order valence-electron chi connectivity index (χ2n) is 6.66. The van der Waals surface area contributed by atoms with Crippen LogP contribution < -0.4 is 15.0 Å². The van der Waals surface area contributed by atoms with Crippen molar-refractivity contribution in [3.63, 3.8) is 0 Å². The first-order valence-electron chi connectivity index (χ1n) is 9.06. The van der Waals surface area contributed by atoms with Crippen LogP contribution in [0, 0.1) is 10.1 Å². The highest BCUT2D eigenvalue weighted by Gasteiger charge is 2.29. The number of hydrogen-bond donors (Lipinski definition) is 1. The van der Waals surface area contributed by atoms with E-state index in [1.807, 2.05) is 29.0 Å². The molecule has 2 heterocycles. The molecular weight excluding hydrogens is 390 g/mol. The van der Waals surface area contributed by atoms with E-state index in [0.29, 0.717) is 18.0 Å². The number of carbonyl (C=O) groups is 2. The summed E-state index contributed by atoms with van der Waals surface area (Å²) < 4.78 is 7.21. The molecule has 4 rings (SSSR count). The summed E-state index contributed by atoms with van der Waals surface area (Å²) in [6.07, 6.45) is 5.23. The molecule has 2 aromatic carbocycles. The van der Waals surface area contributed by atoms with E-state index in [9.17, 15) is 19.7 Å². The highest BCUT2D eigenvalue weighted by Crippen LogP contribution is 2.35. The molecule has 1 aliphatic rings. The third-order valence-corrected chi connectivity index (χ3v) is 4.53. The quantitative estimate of drug-likeness (QED) is 0.494. The lowest BCUT2D eigenvalue weighted by atomic mass is 10.2. The lowest BCUT2D eigenvalue weighted by molar-refractivity contribution is -0.384. The number of rotatable bonds is 6. The van der Waals surface area contributed by atoms with Crippen LogP contribution in [-0.2, 0) is 16.1 Å². The minimum absolute atomic E-state index is 0.190. The maximum Gasteiger partial charge on any atom is 0.271 e. The van der Waals surface area contributed by atoms with Gasteiger partial charge in [-0.15, -0.1) is 0 Å². The average molecular weight is 407 g/mol. The van der Waals surface area contributed by atoms with Gasteiger partial charge in [0.2, 0.25) is 5.91 Å². The molecule has 0 saturated heterocycles. The van der Waals surface area contributed by atoms with Crippen molar-refractivity contribution in [3.8, 4) is 5.75 Å². The molecule has 1 aromatic heterocycles. The molecule has 10 heteroatoms. The molecular formula is C20H17N5O5. The number of non-ortho nitro benzene ring substituents is 1. The maximum absolute atomic E-state index is 12.6. The Morgan fingerprint density at radius 2 is 2.13 bits per heavy atom. The summed E-state index contributed by atoms with van der Waals surface area (Å²) in [5, 5.41) is 13.8. The zero-order chi connectivity index (χ0) is 21.1. The summed E-state index contributed by atoms with van der Waals surface area (Å²) in [5.74, 6) is -0.565. The number of nitro groups is 1. The topological polar surface area (TPSA) is 120 Å². The lowest BCUT2D eigenvalue weighted by Gasteiger charge is -2.28. The van der Waals surface area contributed by atoms with Crippen LogP contribution in [0.1, 0.15) is 5.56 Å². The molecule has 0 unspecified atom stereocenters. The summed E-state index contributed by atoms with van der Waals surface area (Å²) in [7, 11) is 0. The van der Waals surface area contributed by atoms with Gasteiger partial charge < -0.3 is 14.6 Å². The molecule has 0 bridgehead atoms. The van der Waals surface area contributed by atoms with E-state index >= 15 is 0 Å². The van der Waals surface area contributed by atoms with Crippen LogP contribution >= 0.6 is 0 Å². The molecule has 1 aliphatic heterocycles. The van der Waals surface area contributed by atoms with Gasteiger partial charge in [-0.25, -0.2) is 4.98 Å². The van der Waals surface area contributed by atoms with E-state index in [4.69, 9.17) is 4.74 Å². The van der Waals surface area contributed by atoms with Gasteiger partial charge >= 0.3 is 0 Å². The Hall–Kier alpha value is -4.21. The summed E-state index contributed by atoms with van der Waals surface area (Å²) in [6, 6.07) is 11.3. The van der Waals surface area contributed by atoms with Crippen LogP contribution in [0.25, 0.3) is 0 Å². The van der Waals surface area contributed by atoms with Gasteiger partial charge in [-0.2, -0.15) is 0 Å². The second kappa shape index (κ2) is 8.03. The fourth-order valence-corrected chi connectivity index (χ4v) is 3.16. The zero-order valence-electron chi connectivity index (χ0n) is 15.7. The zero-order valence-corrected chi connectivity index (χ0v) is 15.7. The molecule has 152 valence electrons. The molecule has 10 nitrogen and oxygen atoms in total. The van der Waals surface area contributed by atoms with E-state index in [1.54, 1.807) is 18.6 Å². The normalized spacial score (nSPS) is 12.8. The SMILES string of the molecule is O=C(CN1C(=O)COc2ccc([N+](=O)[O-])cc21)Nc1cccc(Cn2ccnc2)c1. The monoisotopic (exact) mass is 407 g/mol. The van der Waals surface area contributed by atoms with Crippen molar-refractivity contribution in [3.05, 3.63) is 76.9 Å². The molecule has 3 aromatic rings. The number of carbonyl (C=O) groups excluding carboxylic acids is 2. The van der Waals surface area contributed by atoms with Crippen LogP contribution in [0.15, 0.2) is 61.2 Å². The third kappa shape index (κ3) is 4.12. The minimum atomic E-state index is -0.566. The molecule has 30 heavy (non-hydrogen) atoms. The van der Waals surface area contributed by atoms with Gasteiger partial charge in [0.25, 0.3) is 11.6 Å². The Bertz CT molecular complexity index is 1110. The largest absolute Gasteiger partial charge is 0.482 e. The first-order valence-corrected chi connectivity index (χ1v) is 9.06. The van der Waals surface area contributed by atoms with E-state index in [-0.39, 0.29) is 24.5 Å². The standard InChI is InChI=1S/C20H17N5O5/c26-19(22-15-3-1-2-14(8-15)10-23-7-6-21-13-23)11-24-17-9-16(25(28)29)4-5-18(17)30-12-20(24)27/h1-9,13H,10-12H2,(H,22,26). The van der Waals surface area contributed by atoms with Crippen LogP contribution in [-0.4, -0.2) is 39.4 Å². The smallest absolute Gasteiger partial charge is 0.271 e. The molecule has 0 spiro atoms. The van der Waals surface area contributed by atoms with Gasteiger partial charge in [-0.3, -0.25) is 24.6 Å². The van der Waals surface area contributed by atoms with Gasteiger partial charge in [0.05, 0.1) is 16.9 Å². The lowest BCUT2D eigenvalue weighted by Crippen LogP contribution is -2.43. The molecule has 0 atom stereocenters. The Morgan fingerprint density at radius 1 is 1.27 bits per heavy atom. The van der Waals surface area contributed by atoms with Gasteiger partial charge in [0, 0.05) is 36.8 Å². The predicted molar refractivity (Wildman–Crippen MR) is 107 cm³/mol. The number of nitro benzene ring substituents is 1. The van der Waals surface area contributed by atoms with Crippen molar-refractivity contribution in [2.75, 3.05) is 23.4 Å². The number of amides is 2. The van der Waals surface area contributed by atoms with Crippen molar-refractivity contribution in [2.24, 2.45) is 0 Å². The van der Waals surface area contributed by atoms with Gasteiger partial charge in [0.1, 0.15) is 12.3 Å². The second-order valence-corrected chi connectivity index (χ2v) is 6.66. The predicted octanol–water partition coefficient (Wildman–Crippen LogP) is 2.20. The Labute approximate surface area is 170 Å². The van der Waals surface area contributed by atoms with Gasteiger partial charge in [-0.05, 0) is 23.8 Å². The Morgan fingerprint density at radius 3 is 2.90 bits per heavy atom. The first-order chi connectivity index (χ1) is 14.5. The number of hydrogen-bond acceptors (Lipinski definition) is 6. The summed E-state index contributed by atoms with van der Waals surface area (Å²) >= 11 is 0. The van der Waals surface area contributed by atoms with Crippen LogP contribution in [0.3, 0.4) is 0 Å². The average Bonchev–Trinajstić information content (AvgIpc) is 3.23. The van der Waals surface area contributed by atoms with Crippen LogP contribution in [0.4, 0.5) is 17.1 Å². The van der Waals surface area contributed by atoms with Crippen LogP contribution in [0.5, 0.6) is 5.75 Å². The molecule has 2 amide bonds. The number of aromatic nitrogens is 2. The Balaban J connectivity index is 1.49. The fraction of sp³-hybridized carbons (Fsp3) is 0.150. The Kier molecular flexibility index (Phi) is 5.12.